The molecule has 0 fully saturated rings. The molecule has 0 aliphatic heterocycles. The molecule has 0 bridgehead atoms. The van der Waals surface area contributed by atoms with E-state index in [-0.39, 0.29) is 49.5 Å². The van der Waals surface area contributed by atoms with Crippen LogP contribution in [0.15, 0.2) is 97.1 Å². The average Bonchev–Trinajstić information content (AvgIpc) is 3.35. The smallest absolute Gasteiger partial charge is 0.120 e. The molecular formula is C57H84O9. The van der Waals surface area contributed by atoms with Crippen LogP contribution in [0.25, 0.3) is 0 Å². The Morgan fingerprint density at radius 1 is 0.439 bits per heavy atom. The van der Waals surface area contributed by atoms with Gasteiger partial charge in [-0.1, -0.05) is 76.2 Å². The number of rotatable bonds is 34. The minimum Gasteiger partial charge on any atom is -0.497 e. The molecule has 0 aromatic heterocycles. The van der Waals surface area contributed by atoms with E-state index >= 15 is 0 Å². The van der Waals surface area contributed by atoms with Crippen LogP contribution in [0.4, 0.5) is 0 Å². The minimum absolute atomic E-state index is 0.115. The Morgan fingerprint density at radius 2 is 0.773 bits per heavy atom. The average molecular weight is 913 g/mol. The van der Waals surface area contributed by atoms with Crippen LogP contribution in [0.1, 0.15) is 166 Å². The molecule has 1 atom stereocenters. The highest BCUT2D eigenvalue weighted by molar-refractivity contribution is 5.45. The van der Waals surface area contributed by atoms with E-state index in [0.717, 1.165) is 92.6 Å². The first-order valence-corrected chi connectivity index (χ1v) is 25.1. The van der Waals surface area contributed by atoms with E-state index in [1.165, 1.54) is 11.1 Å². The van der Waals surface area contributed by atoms with Crippen molar-refractivity contribution < 1.29 is 44.5 Å². The van der Waals surface area contributed by atoms with Crippen molar-refractivity contribution in [1.29, 1.82) is 0 Å². The van der Waals surface area contributed by atoms with Crippen molar-refractivity contribution in [2.45, 2.75) is 172 Å². The number of hydrogen-bond donors (Lipinski definition) is 5. The topological polar surface area (TPSA) is 138 Å². The Hall–Kier alpha value is -4.12. The van der Waals surface area contributed by atoms with Gasteiger partial charge < -0.3 is 44.5 Å². The van der Waals surface area contributed by atoms with Gasteiger partial charge in [0.2, 0.25) is 0 Å². The molecule has 9 heteroatoms. The zero-order valence-electron chi connectivity index (χ0n) is 41.2. The maximum atomic E-state index is 11.5. The molecular weight excluding hydrogens is 829 g/mol. The summed E-state index contributed by atoms with van der Waals surface area (Å²) >= 11 is 0. The summed E-state index contributed by atoms with van der Waals surface area (Å²) in [5.74, 6) is 3.06. The third-order valence-electron chi connectivity index (χ3n) is 14.4. The van der Waals surface area contributed by atoms with Crippen molar-refractivity contribution in [3.63, 3.8) is 0 Å². The van der Waals surface area contributed by atoms with Crippen LogP contribution in [0, 0.1) is 0 Å². The van der Waals surface area contributed by atoms with Gasteiger partial charge in [-0.05, 0) is 180 Å². The standard InChI is InChI=1S/C57H84O9/c1-7-54(5,8-2)65-52-31-23-47(24-32-52)57(37-13-17-41-60,38-14-18-42-61)46-21-29-51(30-22-46)64-44-49(62)43-55(9-3,10-4)66-53-33-25-48(26-34-53)56(35-11-15-39-58,36-12-16-40-59)45-19-27-50(63-6)28-20-45/h19-34,49,58-62H,7-18,35-44H2,1-6H3. The largest absolute Gasteiger partial charge is 0.497 e. The second-order valence-electron chi connectivity index (χ2n) is 18.6. The van der Waals surface area contributed by atoms with Crippen LogP contribution in [0.2, 0.25) is 0 Å². The Kier molecular flexibility index (Phi) is 22.8. The summed E-state index contributed by atoms with van der Waals surface area (Å²) in [6.07, 6.45) is 12.5. The Balaban J connectivity index is 1.53. The second kappa shape index (κ2) is 27.6. The van der Waals surface area contributed by atoms with Gasteiger partial charge in [0.1, 0.15) is 40.8 Å². The quantitative estimate of drug-likeness (QED) is 0.0290. The first-order chi connectivity index (χ1) is 32.0. The summed E-state index contributed by atoms with van der Waals surface area (Å²) in [4.78, 5) is 0. The molecule has 5 N–H and O–H groups in total. The van der Waals surface area contributed by atoms with Crippen molar-refractivity contribution >= 4 is 0 Å². The fourth-order valence-electron chi connectivity index (χ4n) is 9.69. The number of unbranched alkanes of at least 4 members (excludes halogenated alkanes) is 4. The van der Waals surface area contributed by atoms with Crippen LogP contribution in [0.5, 0.6) is 23.0 Å². The fraction of sp³-hybridized carbons (Fsp3) is 0.579. The molecule has 4 aromatic rings. The van der Waals surface area contributed by atoms with Crippen LogP contribution in [-0.4, -0.2) is 83.0 Å². The molecule has 4 aromatic carbocycles. The first kappa shape index (κ1) is 54.5. The lowest BCUT2D eigenvalue weighted by atomic mass is 9.68. The molecule has 366 valence electrons. The van der Waals surface area contributed by atoms with Gasteiger partial charge in [-0.25, -0.2) is 0 Å². The van der Waals surface area contributed by atoms with E-state index in [1.807, 2.05) is 36.4 Å². The van der Waals surface area contributed by atoms with Crippen molar-refractivity contribution in [1.82, 2.24) is 0 Å². The Morgan fingerprint density at radius 3 is 1.09 bits per heavy atom. The van der Waals surface area contributed by atoms with Crippen LogP contribution in [-0.2, 0) is 10.8 Å². The zero-order chi connectivity index (χ0) is 47.9. The van der Waals surface area contributed by atoms with Gasteiger partial charge >= 0.3 is 0 Å². The molecule has 1 unspecified atom stereocenters. The third kappa shape index (κ3) is 14.9. The highest BCUT2D eigenvalue weighted by atomic mass is 16.5. The molecule has 0 heterocycles. The van der Waals surface area contributed by atoms with Crippen LogP contribution < -0.4 is 18.9 Å². The number of methoxy groups -OCH3 is 1. The Labute approximate surface area is 397 Å². The van der Waals surface area contributed by atoms with Crippen molar-refractivity contribution in [2.75, 3.05) is 40.1 Å². The number of hydrogen-bond acceptors (Lipinski definition) is 9. The van der Waals surface area contributed by atoms with Gasteiger partial charge in [-0.2, -0.15) is 0 Å². The highest BCUT2D eigenvalue weighted by Gasteiger charge is 2.36. The summed E-state index contributed by atoms with van der Waals surface area (Å²) in [6.45, 7) is 11.3. The molecule has 4 rings (SSSR count). The first-order valence-electron chi connectivity index (χ1n) is 25.1. The monoisotopic (exact) mass is 913 g/mol. The second-order valence-corrected chi connectivity index (χ2v) is 18.6. The number of benzene rings is 4. The Bertz CT molecular complexity index is 1860. The third-order valence-corrected chi connectivity index (χ3v) is 14.4. The SMILES string of the molecule is CCC(C)(CC)Oc1ccc(C(CCCCO)(CCCCO)c2ccc(OCC(O)CC(CC)(CC)Oc3ccc(C(CCCCO)(CCCCO)c4ccc(OC)cc4)cc3)cc2)cc1. The number of aliphatic hydroxyl groups excluding tert-OH is 5. The molecule has 0 aliphatic carbocycles. The summed E-state index contributed by atoms with van der Waals surface area (Å²) in [5, 5.41) is 50.4. The summed E-state index contributed by atoms with van der Waals surface area (Å²) in [6, 6.07) is 33.4. The van der Waals surface area contributed by atoms with Crippen LogP contribution >= 0.6 is 0 Å². The molecule has 66 heavy (non-hydrogen) atoms. The van der Waals surface area contributed by atoms with Crippen molar-refractivity contribution in [2.24, 2.45) is 0 Å². The zero-order valence-corrected chi connectivity index (χ0v) is 41.2. The molecule has 0 spiro atoms. The maximum absolute atomic E-state index is 11.5. The van der Waals surface area contributed by atoms with Gasteiger partial charge in [0.25, 0.3) is 0 Å². The maximum Gasteiger partial charge on any atom is 0.120 e. The van der Waals surface area contributed by atoms with Gasteiger partial charge in [0.15, 0.2) is 0 Å². The predicted molar refractivity (Wildman–Crippen MR) is 267 cm³/mol. The molecule has 0 amide bonds. The fourth-order valence-corrected chi connectivity index (χ4v) is 9.69. The summed E-state index contributed by atoms with van der Waals surface area (Å²) in [5.41, 5.74) is 3.18. The molecule has 0 radical (unpaired) electrons. The molecule has 9 nitrogen and oxygen atoms in total. The number of ether oxygens (including phenoxy) is 4. The van der Waals surface area contributed by atoms with E-state index in [9.17, 15) is 25.5 Å². The molecule has 0 saturated heterocycles. The van der Waals surface area contributed by atoms with Crippen LogP contribution in [0.3, 0.4) is 0 Å². The minimum atomic E-state index is -0.774. The number of aliphatic hydroxyl groups is 5. The van der Waals surface area contributed by atoms with Gasteiger partial charge in [0, 0.05) is 43.7 Å². The van der Waals surface area contributed by atoms with E-state index in [4.69, 9.17) is 18.9 Å². The summed E-state index contributed by atoms with van der Waals surface area (Å²) in [7, 11) is 1.67. The van der Waals surface area contributed by atoms with Gasteiger partial charge in [-0.3, -0.25) is 0 Å². The van der Waals surface area contributed by atoms with Gasteiger partial charge in [-0.15, -0.1) is 0 Å². The van der Waals surface area contributed by atoms with E-state index < -0.39 is 11.7 Å². The van der Waals surface area contributed by atoms with E-state index in [2.05, 4.69) is 95.3 Å². The molecule has 0 saturated carbocycles. The van der Waals surface area contributed by atoms with E-state index in [0.29, 0.717) is 50.7 Å². The van der Waals surface area contributed by atoms with E-state index in [1.54, 1.807) is 7.11 Å². The van der Waals surface area contributed by atoms with Crippen molar-refractivity contribution in [3.05, 3.63) is 119 Å². The lowest BCUT2D eigenvalue weighted by Gasteiger charge is -2.37. The highest BCUT2D eigenvalue weighted by Crippen LogP contribution is 2.45. The summed E-state index contributed by atoms with van der Waals surface area (Å²) < 4.78 is 25.0. The lowest BCUT2D eigenvalue weighted by molar-refractivity contribution is -0.00986. The predicted octanol–water partition coefficient (Wildman–Crippen LogP) is 11.6. The van der Waals surface area contributed by atoms with Gasteiger partial charge in [0.05, 0.1) is 13.2 Å². The molecule has 0 aliphatic rings. The van der Waals surface area contributed by atoms with Crippen molar-refractivity contribution in [3.8, 4) is 23.0 Å². The lowest BCUT2D eigenvalue weighted by Crippen LogP contribution is -2.40. The normalized spacial score (nSPS) is 12.8.